The Hall–Kier alpha value is -2.04. The van der Waals surface area contributed by atoms with Crippen molar-refractivity contribution in [3.63, 3.8) is 0 Å². The zero-order valence-corrected chi connectivity index (χ0v) is 9.40. The van der Waals surface area contributed by atoms with Crippen molar-refractivity contribution in [3.05, 3.63) is 29.7 Å². The van der Waals surface area contributed by atoms with Crippen molar-refractivity contribution in [2.24, 2.45) is 0 Å². The molecule has 1 aliphatic rings. The van der Waals surface area contributed by atoms with Gasteiger partial charge in [0.15, 0.2) is 11.5 Å². The lowest BCUT2D eigenvalue weighted by atomic mass is 10.1. The lowest BCUT2D eigenvalue weighted by molar-refractivity contribution is 0.0950. The molecule has 1 aliphatic carbocycles. The normalized spacial score (nSPS) is 14.9. The number of hydrogen-bond donors (Lipinski definition) is 1. The van der Waals surface area contributed by atoms with E-state index in [1.165, 1.54) is 0 Å². The molecular weight excluding hydrogens is 220 g/mol. The van der Waals surface area contributed by atoms with E-state index in [-0.39, 0.29) is 5.91 Å². The molecule has 0 atom stereocenters. The van der Waals surface area contributed by atoms with Crippen LogP contribution in [0.1, 0.15) is 29.0 Å². The topological polar surface area (TPSA) is 68.3 Å². The summed E-state index contributed by atoms with van der Waals surface area (Å²) in [5.74, 6) is 0.912. The van der Waals surface area contributed by atoms with Crippen molar-refractivity contribution < 1.29 is 13.7 Å². The van der Waals surface area contributed by atoms with Gasteiger partial charge < -0.3 is 14.3 Å². The number of amides is 1. The first kappa shape index (κ1) is 10.1. The van der Waals surface area contributed by atoms with Gasteiger partial charge in [-0.1, -0.05) is 5.16 Å². The molecule has 17 heavy (non-hydrogen) atoms. The molecule has 2 aromatic rings. The Balaban J connectivity index is 1.96. The number of rotatable bonds is 3. The molecule has 0 spiro atoms. The van der Waals surface area contributed by atoms with Crippen LogP contribution < -0.4 is 5.32 Å². The number of carbonyl (C=O) groups excluding carboxylic acids is 1. The lowest BCUT2D eigenvalue weighted by Crippen LogP contribution is -2.26. The maximum absolute atomic E-state index is 12.0. The Bertz CT molecular complexity index is 538. The average Bonchev–Trinajstić information content (AvgIpc) is 2.82. The highest BCUT2D eigenvalue weighted by atomic mass is 16.5. The van der Waals surface area contributed by atoms with E-state index in [9.17, 15) is 4.79 Å². The number of furan rings is 1. The second-order valence-corrected chi connectivity index (χ2v) is 4.19. The average molecular weight is 232 g/mol. The summed E-state index contributed by atoms with van der Waals surface area (Å²) in [4.78, 5) is 12.0. The molecule has 0 unspecified atom stereocenters. The van der Waals surface area contributed by atoms with E-state index >= 15 is 0 Å². The monoisotopic (exact) mass is 232 g/mol. The quantitative estimate of drug-likeness (QED) is 0.880. The van der Waals surface area contributed by atoms with Gasteiger partial charge in [-0.3, -0.25) is 4.79 Å². The van der Waals surface area contributed by atoms with Crippen molar-refractivity contribution >= 4 is 5.91 Å². The van der Waals surface area contributed by atoms with Crippen LogP contribution in [0.15, 0.2) is 27.3 Å². The maximum Gasteiger partial charge on any atom is 0.257 e. The van der Waals surface area contributed by atoms with Gasteiger partial charge >= 0.3 is 0 Å². The van der Waals surface area contributed by atoms with E-state index in [0.29, 0.717) is 28.8 Å². The highest BCUT2D eigenvalue weighted by molar-refractivity contribution is 6.00. The summed E-state index contributed by atoms with van der Waals surface area (Å²) in [6.45, 7) is 1.72. The van der Waals surface area contributed by atoms with Crippen molar-refractivity contribution in [3.8, 4) is 11.5 Å². The molecule has 0 saturated heterocycles. The molecule has 2 aromatic heterocycles. The number of carbonyl (C=O) groups is 1. The van der Waals surface area contributed by atoms with Crippen LogP contribution in [0.2, 0.25) is 0 Å². The van der Waals surface area contributed by atoms with Gasteiger partial charge in [-0.05, 0) is 31.9 Å². The molecule has 1 amide bonds. The Morgan fingerprint density at radius 3 is 3.00 bits per heavy atom. The van der Waals surface area contributed by atoms with Gasteiger partial charge in [0.2, 0.25) is 0 Å². The van der Waals surface area contributed by atoms with Crippen LogP contribution in [-0.4, -0.2) is 17.1 Å². The van der Waals surface area contributed by atoms with Crippen LogP contribution >= 0.6 is 0 Å². The molecule has 0 bridgehead atoms. The van der Waals surface area contributed by atoms with Gasteiger partial charge in [0.1, 0.15) is 11.3 Å². The lowest BCUT2D eigenvalue weighted by Gasteiger charge is -2.02. The Labute approximate surface area is 97.8 Å². The fraction of sp³-hybridized carbons (Fsp3) is 0.333. The van der Waals surface area contributed by atoms with Gasteiger partial charge in [0, 0.05) is 6.04 Å². The molecule has 5 heteroatoms. The summed E-state index contributed by atoms with van der Waals surface area (Å²) in [6, 6.07) is 3.81. The molecular formula is C12H12N2O3. The van der Waals surface area contributed by atoms with Gasteiger partial charge in [-0.25, -0.2) is 0 Å². The number of aromatic nitrogens is 1. The zero-order valence-electron chi connectivity index (χ0n) is 9.40. The molecule has 1 fully saturated rings. The summed E-state index contributed by atoms with van der Waals surface area (Å²) < 4.78 is 10.3. The van der Waals surface area contributed by atoms with E-state index in [0.717, 1.165) is 12.8 Å². The Kier molecular flexibility index (Phi) is 2.24. The molecule has 0 aliphatic heterocycles. The first-order valence-electron chi connectivity index (χ1n) is 5.56. The van der Waals surface area contributed by atoms with E-state index in [4.69, 9.17) is 8.94 Å². The molecule has 1 saturated carbocycles. The van der Waals surface area contributed by atoms with Crippen molar-refractivity contribution in [1.82, 2.24) is 10.5 Å². The molecule has 2 heterocycles. The third kappa shape index (κ3) is 1.84. The number of nitrogens with zero attached hydrogens (tertiary/aromatic N) is 1. The minimum Gasteiger partial charge on any atom is -0.463 e. The van der Waals surface area contributed by atoms with Crippen LogP contribution in [0.5, 0.6) is 0 Å². The predicted octanol–water partition coefficient (Wildman–Crippen LogP) is 2.14. The summed E-state index contributed by atoms with van der Waals surface area (Å²) in [5.41, 5.74) is 0.928. The predicted molar refractivity (Wildman–Crippen MR) is 59.4 cm³/mol. The Morgan fingerprint density at radius 2 is 2.35 bits per heavy atom. The summed E-state index contributed by atoms with van der Waals surface area (Å²) in [6.07, 6.45) is 3.64. The maximum atomic E-state index is 12.0. The second kappa shape index (κ2) is 3.76. The highest BCUT2D eigenvalue weighted by Gasteiger charge is 2.28. The second-order valence-electron chi connectivity index (χ2n) is 4.19. The van der Waals surface area contributed by atoms with E-state index in [2.05, 4.69) is 10.5 Å². The molecule has 0 aromatic carbocycles. The summed E-state index contributed by atoms with van der Waals surface area (Å²) >= 11 is 0. The van der Waals surface area contributed by atoms with Crippen LogP contribution in [0.3, 0.4) is 0 Å². The number of aryl methyl sites for hydroxylation is 1. The van der Waals surface area contributed by atoms with Crippen molar-refractivity contribution in [2.75, 3.05) is 0 Å². The largest absolute Gasteiger partial charge is 0.463 e. The molecule has 3 rings (SSSR count). The minimum atomic E-state index is -0.141. The number of hydrogen-bond acceptors (Lipinski definition) is 4. The minimum absolute atomic E-state index is 0.141. The van der Waals surface area contributed by atoms with Gasteiger partial charge in [-0.15, -0.1) is 0 Å². The zero-order chi connectivity index (χ0) is 11.8. The highest BCUT2D eigenvalue weighted by Crippen LogP contribution is 2.27. The smallest absolute Gasteiger partial charge is 0.257 e. The van der Waals surface area contributed by atoms with Gasteiger partial charge in [0.05, 0.1) is 6.26 Å². The van der Waals surface area contributed by atoms with E-state index < -0.39 is 0 Å². The summed E-state index contributed by atoms with van der Waals surface area (Å²) in [5, 5.41) is 6.80. The standard InChI is InChI=1S/C12H12N2O3/c1-7-10(12(15)13-8-4-5-8)11(14-17-7)9-3-2-6-16-9/h2-3,6,8H,4-5H2,1H3,(H,13,15). The first-order chi connectivity index (χ1) is 8.25. The third-order valence-electron chi connectivity index (χ3n) is 2.76. The number of nitrogens with one attached hydrogen (secondary N) is 1. The van der Waals surface area contributed by atoms with Crippen molar-refractivity contribution in [2.45, 2.75) is 25.8 Å². The van der Waals surface area contributed by atoms with Crippen LogP contribution in [0.4, 0.5) is 0 Å². The SMILES string of the molecule is Cc1onc(-c2ccco2)c1C(=O)NC1CC1. The van der Waals surface area contributed by atoms with Crippen molar-refractivity contribution in [1.29, 1.82) is 0 Å². The van der Waals surface area contributed by atoms with Gasteiger partial charge in [-0.2, -0.15) is 0 Å². The van der Waals surface area contributed by atoms with Crippen LogP contribution in [0, 0.1) is 6.92 Å². The van der Waals surface area contributed by atoms with E-state index in [1.807, 2.05) is 0 Å². The van der Waals surface area contributed by atoms with Crippen LogP contribution in [0.25, 0.3) is 11.5 Å². The third-order valence-corrected chi connectivity index (χ3v) is 2.76. The van der Waals surface area contributed by atoms with Gasteiger partial charge in [0.25, 0.3) is 5.91 Å². The first-order valence-corrected chi connectivity index (χ1v) is 5.56. The van der Waals surface area contributed by atoms with Crippen LogP contribution in [-0.2, 0) is 0 Å². The molecule has 88 valence electrons. The molecule has 5 nitrogen and oxygen atoms in total. The fourth-order valence-corrected chi connectivity index (χ4v) is 1.71. The molecule has 1 N–H and O–H groups in total. The molecule has 0 radical (unpaired) electrons. The Morgan fingerprint density at radius 1 is 1.53 bits per heavy atom. The summed E-state index contributed by atoms with van der Waals surface area (Å²) in [7, 11) is 0. The fourth-order valence-electron chi connectivity index (χ4n) is 1.71. The van der Waals surface area contributed by atoms with E-state index in [1.54, 1.807) is 25.3 Å².